The molecule has 2 aromatic carbocycles. The number of rotatable bonds is 4. The van der Waals surface area contributed by atoms with Crippen LogP contribution in [0, 0.1) is 5.82 Å². The van der Waals surface area contributed by atoms with Crippen molar-refractivity contribution < 1.29 is 19.0 Å². The summed E-state index contributed by atoms with van der Waals surface area (Å²) in [6, 6.07) is 9.81. The van der Waals surface area contributed by atoms with Crippen LogP contribution in [0.5, 0.6) is 5.75 Å². The number of ether oxygens (including phenoxy) is 1. The number of fused-ring (bicyclic) bond motifs is 1. The van der Waals surface area contributed by atoms with Crippen LogP contribution in [0.1, 0.15) is 11.1 Å². The maximum absolute atomic E-state index is 14.5. The molecule has 27 heavy (non-hydrogen) atoms. The Bertz CT molecular complexity index is 1040. The molecule has 3 aromatic rings. The summed E-state index contributed by atoms with van der Waals surface area (Å²) in [5.74, 6) is -0.405. The van der Waals surface area contributed by atoms with Crippen LogP contribution in [0.2, 0.25) is 10.0 Å². The van der Waals surface area contributed by atoms with Crippen molar-refractivity contribution in [3.63, 3.8) is 0 Å². The van der Waals surface area contributed by atoms with Gasteiger partial charge in [0.1, 0.15) is 5.52 Å². The van der Waals surface area contributed by atoms with Gasteiger partial charge in [0.15, 0.2) is 17.4 Å². The molecule has 0 fully saturated rings. The first-order valence-corrected chi connectivity index (χ1v) is 8.66. The molecule has 0 aliphatic heterocycles. The normalized spacial score (nSPS) is 10.9. The van der Waals surface area contributed by atoms with Crippen LogP contribution in [0.15, 0.2) is 36.4 Å². The minimum Gasteiger partial charge on any atom is -0.449 e. The minimum absolute atomic E-state index is 0.0154. The Morgan fingerprint density at radius 1 is 1.26 bits per heavy atom. The number of anilines is 1. The second kappa shape index (κ2) is 7.58. The number of aromatic nitrogens is 1. The van der Waals surface area contributed by atoms with Crippen LogP contribution in [-0.2, 0) is 6.42 Å². The molecular weight excluding hydrogens is 394 g/mol. The zero-order valence-corrected chi connectivity index (χ0v) is 16.0. The molecular formula is C19H15Cl2FN2O3. The Balaban J connectivity index is 2.37. The Labute approximate surface area is 164 Å². The lowest BCUT2D eigenvalue weighted by molar-refractivity contribution is 0.144. The quantitative estimate of drug-likeness (QED) is 0.585. The second-order valence-electron chi connectivity index (χ2n) is 6.06. The predicted octanol–water partition coefficient (Wildman–Crippen LogP) is 5.39. The van der Waals surface area contributed by atoms with Crippen molar-refractivity contribution in [2.45, 2.75) is 6.42 Å². The monoisotopic (exact) mass is 408 g/mol. The van der Waals surface area contributed by atoms with E-state index in [4.69, 9.17) is 27.9 Å². The van der Waals surface area contributed by atoms with Crippen LogP contribution < -0.4 is 9.64 Å². The van der Waals surface area contributed by atoms with E-state index in [9.17, 15) is 14.3 Å². The zero-order valence-electron chi connectivity index (χ0n) is 14.5. The van der Waals surface area contributed by atoms with Crippen LogP contribution >= 0.6 is 23.2 Å². The van der Waals surface area contributed by atoms with Gasteiger partial charge in [-0.1, -0.05) is 41.4 Å². The number of hydrogen-bond donors (Lipinski definition) is 1. The van der Waals surface area contributed by atoms with Gasteiger partial charge in [-0.25, -0.2) is 14.2 Å². The summed E-state index contributed by atoms with van der Waals surface area (Å²) >= 11 is 12.3. The summed E-state index contributed by atoms with van der Waals surface area (Å²) in [6.07, 6.45) is -1.29. The van der Waals surface area contributed by atoms with Crippen molar-refractivity contribution in [2.24, 2.45) is 0 Å². The van der Waals surface area contributed by atoms with Gasteiger partial charge in [-0.2, -0.15) is 0 Å². The number of hydrogen-bond acceptors (Lipinski definition) is 4. The summed E-state index contributed by atoms with van der Waals surface area (Å²) in [6.45, 7) is 0. The molecule has 0 atom stereocenters. The number of carbonyl (C=O) groups is 1. The Morgan fingerprint density at radius 2 is 1.96 bits per heavy atom. The Kier molecular flexibility index (Phi) is 5.39. The van der Waals surface area contributed by atoms with Crippen molar-refractivity contribution in [1.29, 1.82) is 0 Å². The van der Waals surface area contributed by atoms with E-state index in [1.54, 1.807) is 37.2 Å². The SMILES string of the molecule is CN(C)c1nc2c(F)cc(Cl)cc2c(Cc2ccccc2Cl)c1OC(=O)O. The maximum atomic E-state index is 14.5. The van der Waals surface area contributed by atoms with Crippen LogP contribution in [0.3, 0.4) is 0 Å². The Morgan fingerprint density at radius 3 is 2.59 bits per heavy atom. The Hall–Kier alpha value is -2.57. The van der Waals surface area contributed by atoms with E-state index in [1.807, 2.05) is 6.07 Å². The summed E-state index contributed by atoms with van der Waals surface area (Å²) in [4.78, 5) is 17.1. The zero-order chi connectivity index (χ0) is 19.7. The van der Waals surface area contributed by atoms with Gasteiger partial charge >= 0.3 is 6.16 Å². The first-order chi connectivity index (χ1) is 12.8. The molecule has 0 aliphatic rings. The second-order valence-corrected chi connectivity index (χ2v) is 6.90. The molecule has 0 saturated heterocycles. The lowest BCUT2D eigenvalue weighted by Crippen LogP contribution is -2.17. The number of nitrogens with zero attached hydrogens (tertiary/aromatic N) is 2. The summed E-state index contributed by atoms with van der Waals surface area (Å²) < 4.78 is 19.6. The van der Waals surface area contributed by atoms with E-state index in [2.05, 4.69) is 4.98 Å². The topological polar surface area (TPSA) is 62.7 Å². The molecule has 0 aliphatic carbocycles. The van der Waals surface area contributed by atoms with E-state index < -0.39 is 12.0 Å². The van der Waals surface area contributed by atoms with Gasteiger partial charge in [0.25, 0.3) is 0 Å². The van der Waals surface area contributed by atoms with Gasteiger partial charge < -0.3 is 14.7 Å². The fourth-order valence-corrected chi connectivity index (χ4v) is 3.24. The highest BCUT2D eigenvalue weighted by molar-refractivity contribution is 6.31. The molecule has 0 spiro atoms. The molecule has 0 unspecified atom stereocenters. The predicted molar refractivity (Wildman–Crippen MR) is 104 cm³/mol. The standard InChI is InChI=1S/C19H15Cl2FN2O3/c1-24(2)18-17(27-19(25)26)13(7-10-5-3-4-6-14(10)21)12-8-11(20)9-15(22)16(12)23-18/h3-6,8-9H,7H2,1-2H3,(H,25,26). The van der Waals surface area contributed by atoms with Gasteiger partial charge in [-0.3, -0.25) is 0 Å². The average molecular weight is 409 g/mol. The number of halogens is 3. The molecule has 0 saturated carbocycles. The largest absolute Gasteiger partial charge is 0.511 e. The fraction of sp³-hybridized carbons (Fsp3) is 0.158. The first-order valence-electron chi connectivity index (χ1n) is 7.91. The van der Waals surface area contributed by atoms with E-state index in [1.165, 1.54) is 6.07 Å². The van der Waals surface area contributed by atoms with Gasteiger partial charge in [0, 0.05) is 41.5 Å². The lowest BCUT2D eigenvalue weighted by atomic mass is 9.99. The fourth-order valence-electron chi connectivity index (χ4n) is 2.83. The van der Waals surface area contributed by atoms with Crippen molar-refractivity contribution >= 4 is 46.1 Å². The molecule has 1 aromatic heterocycles. The van der Waals surface area contributed by atoms with E-state index in [-0.39, 0.29) is 28.5 Å². The van der Waals surface area contributed by atoms with Crippen LogP contribution in [0.4, 0.5) is 15.0 Å². The molecule has 3 rings (SSSR count). The molecule has 5 nitrogen and oxygen atoms in total. The first kappa shape index (κ1) is 19.2. The highest BCUT2D eigenvalue weighted by Gasteiger charge is 2.23. The van der Waals surface area contributed by atoms with Gasteiger partial charge in [-0.15, -0.1) is 0 Å². The van der Waals surface area contributed by atoms with Crippen molar-refractivity contribution in [2.75, 3.05) is 19.0 Å². The third-order valence-corrected chi connectivity index (χ3v) is 4.57. The summed E-state index contributed by atoms with van der Waals surface area (Å²) in [7, 11) is 3.33. The van der Waals surface area contributed by atoms with E-state index in [0.717, 1.165) is 11.6 Å². The van der Waals surface area contributed by atoms with Crippen molar-refractivity contribution in [3.05, 3.63) is 63.4 Å². The maximum Gasteiger partial charge on any atom is 0.511 e. The van der Waals surface area contributed by atoms with Crippen LogP contribution in [-0.4, -0.2) is 30.3 Å². The number of benzene rings is 2. The van der Waals surface area contributed by atoms with E-state index >= 15 is 0 Å². The molecule has 0 bridgehead atoms. The number of pyridine rings is 1. The molecule has 140 valence electrons. The molecule has 8 heteroatoms. The van der Waals surface area contributed by atoms with Gasteiger partial charge in [0.05, 0.1) is 0 Å². The van der Waals surface area contributed by atoms with Gasteiger partial charge in [-0.05, 0) is 23.8 Å². The summed E-state index contributed by atoms with van der Waals surface area (Å²) in [5.41, 5.74) is 1.23. The third kappa shape index (κ3) is 3.91. The lowest BCUT2D eigenvalue weighted by Gasteiger charge is -2.20. The molecule has 1 heterocycles. The minimum atomic E-state index is -1.50. The molecule has 0 radical (unpaired) electrons. The summed E-state index contributed by atoms with van der Waals surface area (Å²) in [5, 5.41) is 10.2. The third-order valence-electron chi connectivity index (χ3n) is 3.99. The molecule has 0 amide bonds. The van der Waals surface area contributed by atoms with Crippen molar-refractivity contribution in [1.82, 2.24) is 4.98 Å². The molecule has 1 N–H and O–H groups in total. The highest BCUT2D eigenvalue weighted by atomic mass is 35.5. The van der Waals surface area contributed by atoms with Crippen molar-refractivity contribution in [3.8, 4) is 5.75 Å². The number of carboxylic acid groups (broad SMARTS) is 1. The smallest absolute Gasteiger partial charge is 0.449 e. The van der Waals surface area contributed by atoms with E-state index in [0.29, 0.717) is 16.0 Å². The highest BCUT2D eigenvalue weighted by Crippen LogP contribution is 2.39. The average Bonchev–Trinajstić information content (AvgIpc) is 2.57. The van der Waals surface area contributed by atoms with Crippen LogP contribution in [0.25, 0.3) is 10.9 Å². The van der Waals surface area contributed by atoms with Gasteiger partial charge in [0.2, 0.25) is 0 Å².